The summed E-state index contributed by atoms with van der Waals surface area (Å²) in [6, 6.07) is 16.5. The highest BCUT2D eigenvalue weighted by molar-refractivity contribution is 9.10. The molecule has 0 saturated heterocycles. The lowest BCUT2D eigenvalue weighted by Crippen LogP contribution is -2.18. The third-order valence-corrected chi connectivity index (χ3v) is 4.21. The van der Waals surface area contributed by atoms with E-state index in [0.717, 1.165) is 15.6 Å². The maximum Gasteiger partial charge on any atom is 0.289 e. The Balaban J connectivity index is 1.68. The Morgan fingerprint density at radius 1 is 1.21 bits per heavy atom. The Kier molecular flexibility index (Phi) is 5.08. The van der Waals surface area contributed by atoms with Gasteiger partial charge in [0, 0.05) is 20.6 Å². The number of hydrazone groups is 1. The van der Waals surface area contributed by atoms with E-state index in [2.05, 4.69) is 36.7 Å². The van der Waals surface area contributed by atoms with Crippen LogP contribution in [0.4, 0.5) is 0 Å². The number of halogens is 2. The van der Waals surface area contributed by atoms with Crippen molar-refractivity contribution in [3.8, 4) is 11.3 Å². The monoisotopic (exact) mass is 402 g/mol. The number of nitrogens with one attached hydrogen (secondary N) is 2. The molecule has 3 rings (SSSR count). The number of carbonyl (C=O) groups excluding carboxylic acids is 1. The molecule has 0 aliphatic heterocycles. The summed E-state index contributed by atoms with van der Waals surface area (Å²) in [7, 11) is 0. The van der Waals surface area contributed by atoms with Crippen molar-refractivity contribution in [2.75, 3.05) is 0 Å². The Hall–Kier alpha value is -2.44. The van der Waals surface area contributed by atoms with Crippen molar-refractivity contribution < 1.29 is 4.79 Å². The number of aromatic nitrogens is 2. The number of aromatic amines is 1. The van der Waals surface area contributed by atoms with Crippen LogP contribution in [0.3, 0.4) is 0 Å². The highest BCUT2D eigenvalue weighted by Crippen LogP contribution is 2.20. The van der Waals surface area contributed by atoms with Crippen LogP contribution in [-0.2, 0) is 0 Å². The first-order chi connectivity index (χ1) is 11.6. The van der Waals surface area contributed by atoms with Crippen LogP contribution in [0, 0.1) is 0 Å². The number of amides is 1. The van der Waals surface area contributed by atoms with Crippen LogP contribution < -0.4 is 5.43 Å². The van der Waals surface area contributed by atoms with Gasteiger partial charge in [-0.15, -0.1) is 0 Å². The Labute approximate surface area is 151 Å². The van der Waals surface area contributed by atoms with Gasteiger partial charge >= 0.3 is 0 Å². The van der Waals surface area contributed by atoms with E-state index in [9.17, 15) is 4.79 Å². The average Bonchev–Trinajstić information content (AvgIpc) is 3.07. The van der Waals surface area contributed by atoms with E-state index < -0.39 is 0 Å². The van der Waals surface area contributed by atoms with Crippen molar-refractivity contribution in [1.82, 2.24) is 15.6 Å². The summed E-state index contributed by atoms with van der Waals surface area (Å²) in [6.45, 7) is 0. The largest absolute Gasteiger partial charge is 0.289 e. The van der Waals surface area contributed by atoms with Gasteiger partial charge in [-0.25, -0.2) is 5.43 Å². The van der Waals surface area contributed by atoms with Gasteiger partial charge in [-0.3, -0.25) is 9.89 Å². The zero-order chi connectivity index (χ0) is 16.9. The molecule has 0 aliphatic rings. The van der Waals surface area contributed by atoms with Gasteiger partial charge in [0.05, 0.1) is 11.9 Å². The third kappa shape index (κ3) is 3.90. The molecule has 0 fully saturated rings. The number of benzene rings is 2. The van der Waals surface area contributed by atoms with Crippen LogP contribution in [0.25, 0.3) is 11.3 Å². The number of hydrogen-bond acceptors (Lipinski definition) is 3. The minimum Gasteiger partial charge on any atom is -0.272 e. The molecule has 5 nitrogen and oxygen atoms in total. The first kappa shape index (κ1) is 16.4. The third-order valence-electron chi connectivity index (χ3n) is 3.24. The van der Waals surface area contributed by atoms with Gasteiger partial charge in [0.1, 0.15) is 5.69 Å². The second-order valence-electron chi connectivity index (χ2n) is 4.89. The molecule has 0 spiro atoms. The molecule has 0 radical (unpaired) electrons. The van der Waals surface area contributed by atoms with E-state index >= 15 is 0 Å². The van der Waals surface area contributed by atoms with E-state index in [4.69, 9.17) is 11.6 Å². The second kappa shape index (κ2) is 7.42. The van der Waals surface area contributed by atoms with E-state index in [-0.39, 0.29) is 5.91 Å². The summed E-state index contributed by atoms with van der Waals surface area (Å²) in [5, 5.41) is 11.4. The molecule has 24 heavy (non-hydrogen) atoms. The summed E-state index contributed by atoms with van der Waals surface area (Å²) < 4.78 is 0.898. The Morgan fingerprint density at radius 2 is 1.96 bits per heavy atom. The summed E-state index contributed by atoms with van der Waals surface area (Å²) in [6.07, 6.45) is 1.57. The molecule has 2 N–H and O–H groups in total. The predicted molar refractivity (Wildman–Crippen MR) is 98.2 cm³/mol. The minimum absolute atomic E-state index is 0.323. The van der Waals surface area contributed by atoms with E-state index in [1.165, 1.54) is 0 Å². The summed E-state index contributed by atoms with van der Waals surface area (Å²) in [4.78, 5) is 12.1. The van der Waals surface area contributed by atoms with Crippen LogP contribution in [0.2, 0.25) is 5.02 Å². The number of carbonyl (C=O) groups is 1. The number of hydrogen-bond donors (Lipinski definition) is 2. The fourth-order valence-corrected chi connectivity index (χ4v) is 2.52. The van der Waals surface area contributed by atoms with Crippen LogP contribution in [-0.4, -0.2) is 22.3 Å². The summed E-state index contributed by atoms with van der Waals surface area (Å²) in [5.74, 6) is -0.369. The molecule has 3 aromatic rings. The fraction of sp³-hybridized carbons (Fsp3) is 0. The number of H-pyrrole nitrogens is 1. The minimum atomic E-state index is -0.369. The summed E-state index contributed by atoms with van der Waals surface area (Å²) in [5.41, 5.74) is 5.18. The standard InChI is InChI=1S/C17H12BrClN4O/c18-14-4-2-1-3-12(14)10-20-23-17(24)16-9-15(21-22-16)11-5-7-13(19)8-6-11/h1-10H,(H,21,22)(H,23,24)/b20-10-. The van der Waals surface area contributed by atoms with Gasteiger partial charge in [-0.1, -0.05) is 57.9 Å². The number of nitrogens with zero attached hydrogens (tertiary/aromatic N) is 2. The molecule has 0 unspecified atom stereocenters. The van der Waals surface area contributed by atoms with Crippen LogP contribution in [0.5, 0.6) is 0 Å². The quantitative estimate of drug-likeness (QED) is 0.505. The van der Waals surface area contributed by atoms with Crippen LogP contribution in [0.15, 0.2) is 64.2 Å². The second-order valence-corrected chi connectivity index (χ2v) is 6.19. The van der Waals surface area contributed by atoms with E-state index in [0.29, 0.717) is 16.4 Å². The maximum atomic E-state index is 12.1. The molecular formula is C17H12BrClN4O. The maximum absolute atomic E-state index is 12.1. The van der Waals surface area contributed by atoms with Crippen molar-refractivity contribution in [2.45, 2.75) is 0 Å². The average molecular weight is 404 g/mol. The topological polar surface area (TPSA) is 70.1 Å². The summed E-state index contributed by atoms with van der Waals surface area (Å²) >= 11 is 9.28. The molecule has 0 saturated carbocycles. The Bertz CT molecular complexity index is 890. The molecule has 2 aromatic carbocycles. The zero-order valence-corrected chi connectivity index (χ0v) is 14.7. The van der Waals surface area contributed by atoms with Gasteiger partial charge in [0.2, 0.25) is 0 Å². The SMILES string of the molecule is O=C(N/N=C\c1ccccc1Br)c1cc(-c2ccc(Cl)cc2)n[nH]1. The molecule has 1 amide bonds. The van der Waals surface area contributed by atoms with Gasteiger partial charge in [-0.2, -0.15) is 10.2 Å². The van der Waals surface area contributed by atoms with Crippen molar-refractivity contribution in [3.05, 3.63) is 75.4 Å². The normalized spacial score (nSPS) is 10.9. The molecule has 7 heteroatoms. The lowest BCUT2D eigenvalue weighted by atomic mass is 10.1. The molecule has 120 valence electrons. The Morgan fingerprint density at radius 3 is 2.71 bits per heavy atom. The molecule has 0 atom stereocenters. The van der Waals surface area contributed by atoms with Crippen LogP contribution in [0.1, 0.15) is 16.1 Å². The lowest BCUT2D eigenvalue weighted by Gasteiger charge is -1.98. The highest BCUT2D eigenvalue weighted by Gasteiger charge is 2.10. The molecule has 0 bridgehead atoms. The van der Waals surface area contributed by atoms with Crippen LogP contribution >= 0.6 is 27.5 Å². The van der Waals surface area contributed by atoms with E-state index in [1.807, 2.05) is 36.4 Å². The van der Waals surface area contributed by atoms with Crippen molar-refractivity contribution in [3.63, 3.8) is 0 Å². The predicted octanol–water partition coefficient (Wildman–Crippen LogP) is 4.26. The first-order valence-corrected chi connectivity index (χ1v) is 8.20. The number of rotatable bonds is 4. The lowest BCUT2D eigenvalue weighted by molar-refractivity contribution is 0.0950. The van der Waals surface area contributed by atoms with Gasteiger partial charge in [0.15, 0.2) is 0 Å². The molecule has 1 heterocycles. The molecule has 1 aromatic heterocycles. The smallest absolute Gasteiger partial charge is 0.272 e. The van der Waals surface area contributed by atoms with Crippen molar-refractivity contribution >= 4 is 39.7 Å². The van der Waals surface area contributed by atoms with Crippen molar-refractivity contribution in [1.29, 1.82) is 0 Å². The van der Waals surface area contributed by atoms with E-state index in [1.54, 1.807) is 24.4 Å². The van der Waals surface area contributed by atoms with Crippen molar-refractivity contribution in [2.24, 2.45) is 5.10 Å². The molecular weight excluding hydrogens is 392 g/mol. The molecule has 0 aliphatic carbocycles. The highest BCUT2D eigenvalue weighted by atomic mass is 79.9. The van der Waals surface area contributed by atoms with Gasteiger partial charge in [-0.05, 0) is 24.3 Å². The van der Waals surface area contributed by atoms with Gasteiger partial charge in [0.25, 0.3) is 5.91 Å². The fourth-order valence-electron chi connectivity index (χ4n) is 2.01. The first-order valence-electron chi connectivity index (χ1n) is 7.03. The van der Waals surface area contributed by atoms with Gasteiger partial charge < -0.3 is 0 Å². The zero-order valence-electron chi connectivity index (χ0n) is 12.3.